The van der Waals surface area contributed by atoms with Crippen molar-refractivity contribution in [2.24, 2.45) is 11.8 Å². The number of rotatable bonds is 4. The van der Waals surface area contributed by atoms with E-state index in [0.29, 0.717) is 0 Å². The van der Waals surface area contributed by atoms with Gasteiger partial charge < -0.3 is 5.32 Å². The van der Waals surface area contributed by atoms with E-state index < -0.39 is 0 Å². The fraction of sp³-hybridized carbons (Fsp3) is 0.750. The summed E-state index contributed by atoms with van der Waals surface area (Å²) in [6.45, 7) is 5.69. The van der Waals surface area contributed by atoms with E-state index >= 15 is 0 Å². The van der Waals surface area contributed by atoms with Crippen LogP contribution in [-0.2, 0) is 6.42 Å². The van der Waals surface area contributed by atoms with Crippen LogP contribution in [-0.4, -0.2) is 17.6 Å². The summed E-state index contributed by atoms with van der Waals surface area (Å²) in [7, 11) is 0. The molecular weight excluding hydrogens is 204 g/mol. The van der Waals surface area contributed by atoms with Crippen molar-refractivity contribution in [3.8, 4) is 0 Å². The van der Waals surface area contributed by atoms with Gasteiger partial charge >= 0.3 is 0 Å². The van der Waals surface area contributed by atoms with Crippen LogP contribution in [0.1, 0.15) is 31.6 Å². The number of hydrogen-bond acceptors (Lipinski definition) is 3. The number of nitrogens with zero attached hydrogens (tertiary/aromatic N) is 1. The van der Waals surface area contributed by atoms with Crippen molar-refractivity contribution >= 4 is 11.3 Å². The molecule has 1 aliphatic carbocycles. The molecule has 1 heterocycles. The molecule has 3 heteroatoms. The van der Waals surface area contributed by atoms with Crippen LogP contribution < -0.4 is 5.32 Å². The van der Waals surface area contributed by atoms with Gasteiger partial charge in [-0.05, 0) is 37.6 Å². The quantitative estimate of drug-likeness (QED) is 0.850. The maximum atomic E-state index is 4.15. The Morgan fingerprint density at radius 1 is 1.53 bits per heavy atom. The second-order valence-corrected chi connectivity index (χ2v) is 5.50. The minimum Gasteiger partial charge on any atom is -0.314 e. The molecular formula is C12H20N2S. The average Bonchev–Trinajstić information content (AvgIpc) is 2.83. The highest BCUT2D eigenvalue weighted by Gasteiger charge is 2.32. The van der Waals surface area contributed by atoms with Gasteiger partial charge in [-0.1, -0.05) is 13.8 Å². The van der Waals surface area contributed by atoms with E-state index in [2.05, 4.69) is 24.1 Å². The first-order valence-corrected chi connectivity index (χ1v) is 6.80. The number of thiazole rings is 1. The first-order chi connectivity index (χ1) is 7.31. The molecule has 1 aliphatic rings. The standard InChI is InChI=1S/C12H20N2S/c1-3-14-12-5-4-10(9(12)2)6-11-7-13-8-15-11/h7-10,12,14H,3-6H2,1-2H3. The third-order valence-corrected chi connectivity index (χ3v) is 4.44. The van der Waals surface area contributed by atoms with Crippen molar-refractivity contribution in [3.05, 3.63) is 16.6 Å². The molecule has 84 valence electrons. The summed E-state index contributed by atoms with van der Waals surface area (Å²) in [6, 6.07) is 0.743. The van der Waals surface area contributed by atoms with Crippen molar-refractivity contribution in [3.63, 3.8) is 0 Å². The molecule has 1 aromatic rings. The average molecular weight is 224 g/mol. The van der Waals surface area contributed by atoms with Crippen molar-refractivity contribution in [1.29, 1.82) is 0 Å². The number of nitrogens with one attached hydrogen (secondary N) is 1. The monoisotopic (exact) mass is 224 g/mol. The molecule has 1 saturated carbocycles. The molecule has 0 saturated heterocycles. The highest BCUT2D eigenvalue weighted by molar-refractivity contribution is 7.09. The van der Waals surface area contributed by atoms with E-state index in [1.54, 1.807) is 11.3 Å². The molecule has 2 rings (SSSR count). The van der Waals surface area contributed by atoms with E-state index in [9.17, 15) is 0 Å². The predicted octanol–water partition coefficient (Wildman–Crippen LogP) is 2.71. The molecule has 3 atom stereocenters. The molecule has 0 aliphatic heterocycles. The van der Waals surface area contributed by atoms with Gasteiger partial charge in [0.05, 0.1) is 5.51 Å². The van der Waals surface area contributed by atoms with Gasteiger partial charge in [-0.25, -0.2) is 0 Å². The number of aromatic nitrogens is 1. The largest absolute Gasteiger partial charge is 0.314 e. The molecule has 1 fully saturated rings. The van der Waals surface area contributed by atoms with Gasteiger partial charge in [0.15, 0.2) is 0 Å². The van der Waals surface area contributed by atoms with Crippen molar-refractivity contribution in [1.82, 2.24) is 10.3 Å². The SMILES string of the molecule is CCNC1CCC(Cc2cncs2)C1C. The second kappa shape index (κ2) is 5.08. The molecule has 0 spiro atoms. The number of hydrogen-bond donors (Lipinski definition) is 1. The molecule has 3 unspecified atom stereocenters. The maximum absolute atomic E-state index is 4.15. The fourth-order valence-electron chi connectivity index (χ4n) is 2.69. The normalized spacial score (nSPS) is 30.9. The first kappa shape index (κ1) is 11.1. The highest BCUT2D eigenvalue weighted by Crippen LogP contribution is 2.34. The zero-order chi connectivity index (χ0) is 10.7. The van der Waals surface area contributed by atoms with Gasteiger partial charge in [0, 0.05) is 17.1 Å². The molecule has 15 heavy (non-hydrogen) atoms. The Morgan fingerprint density at radius 2 is 2.40 bits per heavy atom. The summed E-state index contributed by atoms with van der Waals surface area (Å²) in [5.41, 5.74) is 1.94. The maximum Gasteiger partial charge on any atom is 0.0794 e. The molecule has 0 bridgehead atoms. The van der Waals surface area contributed by atoms with Gasteiger partial charge in [0.25, 0.3) is 0 Å². The van der Waals surface area contributed by atoms with Crippen molar-refractivity contribution in [2.75, 3.05) is 6.54 Å². The minimum absolute atomic E-state index is 0.743. The lowest BCUT2D eigenvalue weighted by Gasteiger charge is -2.20. The van der Waals surface area contributed by atoms with Crippen LogP contribution in [0, 0.1) is 11.8 Å². The Balaban J connectivity index is 1.89. The van der Waals surface area contributed by atoms with Crippen LogP contribution >= 0.6 is 11.3 Å². The van der Waals surface area contributed by atoms with Crippen LogP contribution in [0.15, 0.2) is 11.7 Å². The van der Waals surface area contributed by atoms with Crippen LogP contribution in [0.3, 0.4) is 0 Å². The summed E-state index contributed by atoms with van der Waals surface area (Å²) in [5, 5.41) is 3.59. The Hall–Kier alpha value is -0.410. The van der Waals surface area contributed by atoms with E-state index in [1.165, 1.54) is 24.1 Å². The topological polar surface area (TPSA) is 24.9 Å². The lowest BCUT2D eigenvalue weighted by molar-refractivity contribution is 0.356. The Bertz CT molecular complexity index is 284. The summed E-state index contributed by atoms with van der Waals surface area (Å²) in [4.78, 5) is 5.60. The summed E-state index contributed by atoms with van der Waals surface area (Å²) < 4.78 is 0. The smallest absolute Gasteiger partial charge is 0.0794 e. The van der Waals surface area contributed by atoms with Gasteiger partial charge in [0.2, 0.25) is 0 Å². The van der Waals surface area contributed by atoms with E-state index in [0.717, 1.165) is 24.4 Å². The van der Waals surface area contributed by atoms with Crippen LogP contribution in [0.2, 0.25) is 0 Å². The molecule has 0 amide bonds. The highest BCUT2D eigenvalue weighted by atomic mass is 32.1. The molecule has 2 nitrogen and oxygen atoms in total. The fourth-order valence-corrected chi connectivity index (χ4v) is 3.38. The molecule has 1 aromatic heterocycles. The lowest BCUT2D eigenvalue weighted by atomic mass is 9.92. The van der Waals surface area contributed by atoms with Gasteiger partial charge in [-0.15, -0.1) is 11.3 Å². The first-order valence-electron chi connectivity index (χ1n) is 5.92. The van der Waals surface area contributed by atoms with Crippen LogP contribution in [0.4, 0.5) is 0 Å². The summed E-state index contributed by atoms with van der Waals surface area (Å²) in [5.74, 6) is 1.67. The zero-order valence-electron chi connectivity index (χ0n) is 9.57. The van der Waals surface area contributed by atoms with Gasteiger partial charge in [-0.2, -0.15) is 0 Å². The lowest BCUT2D eigenvalue weighted by Crippen LogP contribution is -2.32. The van der Waals surface area contributed by atoms with Crippen molar-refractivity contribution in [2.45, 2.75) is 39.2 Å². The Morgan fingerprint density at radius 3 is 3.07 bits per heavy atom. The third kappa shape index (κ3) is 2.58. The Kier molecular flexibility index (Phi) is 3.76. The second-order valence-electron chi connectivity index (χ2n) is 4.53. The Labute approximate surface area is 96.1 Å². The van der Waals surface area contributed by atoms with Crippen LogP contribution in [0.5, 0.6) is 0 Å². The minimum atomic E-state index is 0.743. The van der Waals surface area contributed by atoms with E-state index in [4.69, 9.17) is 0 Å². The zero-order valence-corrected chi connectivity index (χ0v) is 10.4. The van der Waals surface area contributed by atoms with Crippen LogP contribution in [0.25, 0.3) is 0 Å². The van der Waals surface area contributed by atoms with Gasteiger partial charge in [-0.3, -0.25) is 4.98 Å². The predicted molar refractivity (Wildman–Crippen MR) is 65.2 cm³/mol. The van der Waals surface area contributed by atoms with E-state index in [1.807, 2.05) is 11.7 Å². The van der Waals surface area contributed by atoms with E-state index in [-0.39, 0.29) is 0 Å². The summed E-state index contributed by atoms with van der Waals surface area (Å²) in [6.07, 6.45) is 5.97. The third-order valence-electron chi connectivity index (χ3n) is 3.64. The molecule has 0 radical (unpaired) electrons. The summed E-state index contributed by atoms with van der Waals surface area (Å²) >= 11 is 1.79. The molecule has 1 N–H and O–H groups in total. The molecule has 0 aromatic carbocycles. The van der Waals surface area contributed by atoms with Crippen molar-refractivity contribution < 1.29 is 0 Å². The van der Waals surface area contributed by atoms with Gasteiger partial charge in [0.1, 0.15) is 0 Å².